The molecule has 19 nitrogen and oxygen atoms in total. The van der Waals surface area contributed by atoms with Gasteiger partial charge in [-0.25, -0.2) is 4.79 Å². The largest absolute Gasteiger partial charge is 0.480 e. The summed E-state index contributed by atoms with van der Waals surface area (Å²) < 4.78 is 21.6. The van der Waals surface area contributed by atoms with E-state index in [0.29, 0.717) is 52.6 Å². The van der Waals surface area contributed by atoms with E-state index in [1.165, 1.54) is 0 Å². The first kappa shape index (κ1) is 51.6. The average molecular weight is 811 g/mol. The highest BCUT2D eigenvalue weighted by molar-refractivity contribution is 7.80. The van der Waals surface area contributed by atoms with Gasteiger partial charge < -0.3 is 60.1 Å². The lowest BCUT2D eigenvalue weighted by atomic mass is 10.1. The molecular weight excluding hydrogens is 748 g/mol. The normalized spacial score (nSPS) is 12.8. The second-order valence-electron chi connectivity index (χ2n) is 12.5. The van der Waals surface area contributed by atoms with E-state index in [0.717, 1.165) is 56.3 Å². The number of aldehydes is 1. The number of carboxylic acids is 3. The highest BCUT2D eigenvalue weighted by atomic mass is 32.1. The van der Waals surface area contributed by atoms with Crippen molar-refractivity contribution < 1.29 is 72.9 Å². The molecule has 20 heteroatoms. The van der Waals surface area contributed by atoms with Crippen LogP contribution in [0.1, 0.15) is 77.0 Å². The van der Waals surface area contributed by atoms with Crippen molar-refractivity contribution in [1.29, 1.82) is 0 Å². The van der Waals surface area contributed by atoms with Crippen LogP contribution < -0.4 is 16.0 Å². The number of nitrogens with one attached hydrogen (secondary N) is 3. The Morgan fingerprint density at radius 1 is 0.618 bits per heavy atom. The van der Waals surface area contributed by atoms with Crippen molar-refractivity contribution in [2.24, 2.45) is 0 Å². The van der Waals surface area contributed by atoms with Crippen molar-refractivity contribution in [3.05, 3.63) is 0 Å². The molecule has 0 rings (SSSR count). The van der Waals surface area contributed by atoms with Crippen LogP contribution in [0.15, 0.2) is 0 Å². The van der Waals surface area contributed by atoms with Gasteiger partial charge in [-0.05, 0) is 19.3 Å². The van der Waals surface area contributed by atoms with E-state index in [1.54, 1.807) is 0 Å². The summed E-state index contributed by atoms with van der Waals surface area (Å²) in [5, 5.41) is 44.7. The molecule has 0 aliphatic rings. The predicted molar refractivity (Wildman–Crippen MR) is 201 cm³/mol. The van der Waals surface area contributed by atoms with Gasteiger partial charge in [-0.2, -0.15) is 12.6 Å². The number of carbonyl (C=O) groups is 7. The highest BCUT2D eigenvalue weighted by Crippen LogP contribution is 2.12. The van der Waals surface area contributed by atoms with Crippen molar-refractivity contribution in [3.63, 3.8) is 0 Å². The lowest BCUT2D eigenvalue weighted by molar-refractivity contribution is -0.149. The number of carbonyl (C=O) groups excluding carboxylic acids is 4. The van der Waals surface area contributed by atoms with E-state index < -0.39 is 55.1 Å². The molecule has 0 saturated heterocycles. The molecule has 55 heavy (non-hydrogen) atoms. The van der Waals surface area contributed by atoms with Crippen LogP contribution in [-0.4, -0.2) is 170 Å². The Kier molecular flexibility index (Phi) is 32.9. The van der Waals surface area contributed by atoms with E-state index >= 15 is 0 Å². The lowest BCUT2D eigenvalue weighted by Gasteiger charge is -2.30. The van der Waals surface area contributed by atoms with Crippen LogP contribution in [0.5, 0.6) is 0 Å². The number of amides is 3. The first-order valence-corrected chi connectivity index (χ1v) is 19.3. The van der Waals surface area contributed by atoms with Crippen LogP contribution in [0.25, 0.3) is 0 Å². The molecule has 318 valence electrons. The number of thiol groups is 1. The van der Waals surface area contributed by atoms with E-state index in [4.69, 9.17) is 29.2 Å². The van der Waals surface area contributed by atoms with Gasteiger partial charge >= 0.3 is 17.9 Å². The molecule has 0 bridgehead atoms. The van der Waals surface area contributed by atoms with Gasteiger partial charge in [0.1, 0.15) is 18.4 Å². The second kappa shape index (κ2) is 35.0. The Morgan fingerprint density at radius 2 is 1.13 bits per heavy atom. The van der Waals surface area contributed by atoms with Crippen molar-refractivity contribution in [1.82, 2.24) is 20.9 Å². The quantitative estimate of drug-likeness (QED) is 0.0228. The molecule has 3 atom stereocenters. The molecule has 0 heterocycles. The van der Waals surface area contributed by atoms with Gasteiger partial charge in [-0.1, -0.05) is 38.5 Å². The zero-order valence-corrected chi connectivity index (χ0v) is 32.6. The van der Waals surface area contributed by atoms with Gasteiger partial charge in [-0.3, -0.25) is 28.9 Å². The number of aliphatic carboxylic acids is 3. The van der Waals surface area contributed by atoms with Crippen LogP contribution in [0.2, 0.25) is 0 Å². The third-order valence-corrected chi connectivity index (χ3v) is 8.41. The zero-order valence-electron chi connectivity index (χ0n) is 31.7. The number of ether oxygens (including phenoxy) is 4. The van der Waals surface area contributed by atoms with Crippen LogP contribution in [-0.2, 0) is 52.5 Å². The van der Waals surface area contributed by atoms with Crippen molar-refractivity contribution in [2.75, 3.05) is 84.8 Å². The lowest BCUT2D eigenvalue weighted by Crippen LogP contribution is -2.52. The summed E-state index contributed by atoms with van der Waals surface area (Å²) in [6.07, 6.45) is 8.15. The smallest absolute Gasteiger partial charge is 0.327 e. The summed E-state index contributed by atoms with van der Waals surface area (Å²) >= 11 is 3.93. The Balaban J connectivity index is 3.61. The van der Waals surface area contributed by atoms with Crippen LogP contribution in [0, 0.1) is 0 Å². The van der Waals surface area contributed by atoms with Gasteiger partial charge in [0.15, 0.2) is 0 Å². The molecular formula is C35H62N4O15S. The molecule has 0 fully saturated rings. The Morgan fingerprint density at radius 3 is 1.64 bits per heavy atom. The molecule has 3 unspecified atom stereocenters. The number of hydrogen-bond acceptors (Lipinski definition) is 14. The molecule has 0 aromatic heterocycles. The predicted octanol–water partition coefficient (Wildman–Crippen LogP) is -0.135. The van der Waals surface area contributed by atoms with E-state index in [2.05, 4.69) is 28.6 Å². The monoisotopic (exact) mass is 810 g/mol. The summed E-state index contributed by atoms with van der Waals surface area (Å²) in [7, 11) is 0. The van der Waals surface area contributed by atoms with Gasteiger partial charge in [0, 0.05) is 38.1 Å². The SMILES string of the molecule is O=CC(CO)N(CC(=O)O)C(CCC(=O)NCCOCCOCCOCCOCCC(=O)NCCCCCCCCCCC(=O)NC(CS)C(=O)O)C(=O)O. The standard InChI is InChI=1S/C35H62N4O15S/c40-24-27(25-41)39(23-33(45)46)29(35(49)50)10-11-30(42)37-14-16-52-18-20-54-22-21-53-19-17-51-15-12-31(43)36-13-8-6-4-2-1-3-5-7-9-32(44)38-28(26-55)34(47)48/h24,27-29,41,55H,1-23,25-26H2,(H,36,43)(H,37,42)(H,38,44)(H,45,46)(H,47,48)(H,49,50). The van der Waals surface area contributed by atoms with Crippen LogP contribution >= 0.6 is 12.6 Å². The first-order valence-electron chi connectivity index (χ1n) is 18.7. The topological polar surface area (TPSA) is 277 Å². The molecule has 0 aromatic carbocycles. The molecule has 7 N–H and O–H groups in total. The second-order valence-corrected chi connectivity index (χ2v) is 12.8. The Labute approximate surface area is 327 Å². The summed E-state index contributed by atoms with van der Waals surface area (Å²) in [6.45, 7) is 1.63. The molecule has 0 saturated carbocycles. The number of rotatable bonds is 39. The maximum absolute atomic E-state index is 12.1. The third kappa shape index (κ3) is 29.5. The van der Waals surface area contributed by atoms with Crippen molar-refractivity contribution >= 4 is 54.5 Å². The third-order valence-electron chi connectivity index (χ3n) is 8.04. The molecule has 0 aromatic rings. The maximum Gasteiger partial charge on any atom is 0.327 e. The number of aliphatic hydroxyl groups excluding tert-OH is 1. The molecule has 3 amide bonds. The number of carboxylic acid groups (broad SMARTS) is 3. The molecule has 0 aliphatic heterocycles. The van der Waals surface area contributed by atoms with Crippen LogP contribution in [0.4, 0.5) is 0 Å². The minimum atomic E-state index is -1.46. The van der Waals surface area contributed by atoms with Gasteiger partial charge in [0.2, 0.25) is 17.7 Å². The minimum Gasteiger partial charge on any atom is -0.480 e. The fraction of sp³-hybridized carbons (Fsp3) is 0.800. The zero-order chi connectivity index (χ0) is 41.1. The summed E-state index contributed by atoms with van der Waals surface area (Å²) in [4.78, 5) is 81.5. The summed E-state index contributed by atoms with van der Waals surface area (Å²) in [5.74, 6) is -4.63. The minimum absolute atomic E-state index is 0.0591. The van der Waals surface area contributed by atoms with E-state index in [9.17, 15) is 43.8 Å². The highest BCUT2D eigenvalue weighted by Gasteiger charge is 2.33. The fourth-order valence-electron chi connectivity index (χ4n) is 5.06. The number of unbranched alkanes of at least 4 members (excludes halogenated alkanes) is 7. The van der Waals surface area contributed by atoms with Crippen molar-refractivity contribution in [2.45, 2.75) is 95.2 Å². The maximum atomic E-state index is 12.1. The van der Waals surface area contributed by atoms with Gasteiger partial charge in [0.05, 0.1) is 72.0 Å². The average Bonchev–Trinajstić information content (AvgIpc) is 3.14. The Bertz CT molecular complexity index is 1100. The first-order chi connectivity index (χ1) is 26.5. The molecule has 0 radical (unpaired) electrons. The summed E-state index contributed by atoms with van der Waals surface area (Å²) in [5.41, 5.74) is 0. The number of nitrogens with zero attached hydrogens (tertiary/aromatic N) is 1. The van der Waals surface area contributed by atoms with E-state index in [1.807, 2.05) is 0 Å². The molecule has 0 aliphatic carbocycles. The molecule has 0 spiro atoms. The summed E-state index contributed by atoms with van der Waals surface area (Å²) in [6, 6.07) is -3.74. The fourth-order valence-corrected chi connectivity index (χ4v) is 5.30. The Hall–Kier alpha value is -3.40. The van der Waals surface area contributed by atoms with Crippen LogP contribution in [0.3, 0.4) is 0 Å². The number of hydrogen-bond donors (Lipinski definition) is 8. The number of aliphatic hydroxyl groups is 1. The van der Waals surface area contributed by atoms with E-state index in [-0.39, 0.29) is 62.9 Å². The van der Waals surface area contributed by atoms with Crippen molar-refractivity contribution in [3.8, 4) is 0 Å². The van der Waals surface area contributed by atoms with Gasteiger partial charge in [0.25, 0.3) is 0 Å². The van der Waals surface area contributed by atoms with Gasteiger partial charge in [-0.15, -0.1) is 0 Å².